The fourth-order valence-electron chi connectivity index (χ4n) is 11.5. The number of hydrogen-bond donors (Lipinski definition) is 0. The van der Waals surface area contributed by atoms with E-state index in [9.17, 15) is 0 Å². The second kappa shape index (κ2) is 12.9. The van der Waals surface area contributed by atoms with E-state index in [0.29, 0.717) is 0 Å². The Bertz CT molecular complexity index is 3170. The summed E-state index contributed by atoms with van der Waals surface area (Å²) in [5.74, 6) is 0. The molecule has 12 rings (SSSR count). The zero-order valence-electron chi connectivity index (χ0n) is 33.7. The molecule has 0 saturated heterocycles. The summed E-state index contributed by atoms with van der Waals surface area (Å²) < 4.78 is 0. The van der Waals surface area contributed by atoms with Gasteiger partial charge in [0.15, 0.2) is 0 Å². The minimum atomic E-state index is -0.0458. The van der Waals surface area contributed by atoms with Gasteiger partial charge in [-0.15, -0.1) is 0 Å². The van der Waals surface area contributed by atoms with Gasteiger partial charge < -0.3 is 4.90 Å². The average Bonchev–Trinajstić information content (AvgIpc) is 3.50. The number of nitrogens with zero attached hydrogens (tertiary/aromatic N) is 1. The smallest absolute Gasteiger partial charge is 0.0518 e. The Hall–Kier alpha value is -6.70. The lowest BCUT2D eigenvalue weighted by molar-refractivity contribution is 0.195. The summed E-state index contributed by atoms with van der Waals surface area (Å²) in [6.07, 6.45) is 4.85. The summed E-state index contributed by atoms with van der Waals surface area (Å²) in [5, 5.41) is 10.5. The van der Waals surface area contributed by atoms with Gasteiger partial charge in [0.25, 0.3) is 0 Å². The number of fused-ring (bicyclic) bond motifs is 4. The van der Waals surface area contributed by atoms with E-state index in [1.807, 2.05) is 0 Å². The maximum Gasteiger partial charge on any atom is 0.0518 e. The first-order valence-corrected chi connectivity index (χ1v) is 21.4. The Balaban J connectivity index is 1.16. The van der Waals surface area contributed by atoms with Crippen LogP contribution in [0.1, 0.15) is 45.1 Å². The van der Waals surface area contributed by atoms with E-state index in [1.54, 1.807) is 0 Å². The molecule has 282 valence electrons. The zero-order valence-corrected chi connectivity index (χ0v) is 33.7. The maximum atomic E-state index is 2.74. The van der Waals surface area contributed by atoms with Crippen LogP contribution in [0.4, 0.5) is 11.4 Å². The lowest BCUT2D eigenvalue weighted by atomic mass is 9.61. The van der Waals surface area contributed by atoms with E-state index >= 15 is 0 Å². The molecule has 0 spiro atoms. The molecule has 1 fully saturated rings. The van der Waals surface area contributed by atoms with Gasteiger partial charge in [-0.25, -0.2) is 0 Å². The van der Waals surface area contributed by atoms with E-state index in [0.717, 1.165) is 0 Å². The molecule has 1 nitrogen and oxygen atoms in total. The van der Waals surface area contributed by atoms with Gasteiger partial charge in [0.05, 0.1) is 5.54 Å². The van der Waals surface area contributed by atoms with Crippen molar-refractivity contribution in [2.45, 2.75) is 50.5 Å². The van der Waals surface area contributed by atoms with Crippen LogP contribution in [0.2, 0.25) is 0 Å². The molecule has 1 heteroatoms. The number of hydrogen-bond acceptors (Lipinski definition) is 1. The molecule has 2 unspecified atom stereocenters. The molecular formula is C58H45N. The largest absolute Gasteiger partial charge is 0.334 e. The van der Waals surface area contributed by atoms with E-state index in [2.05, 4.69) is 207 Å². The van der Waals surface area contributed by atoms with Crippen LogP contribution in [0.25, 0.3) is 87.6 Å². The first-order valence-electron chi connectivity index (χ1n) is 21.4. The van der Waals surface area contributed by atoms with Crippen LogP contribution in [-0.4, -0.2) is 5.54 Å². The van der Waals surface area contributed by atoms with Gasteiger partial charge in [0, 0.05) is 22.2 Å². The third-order valence-corrected chi connectivity index (χ3v) is 14.6. The van der Waals surface area contributed by atoms with Crippen LogP contribution in [0.5, 0.6) is 0 Å². The second-order valence-electron chi connectivity index (χ2n) is 17.5. The molecule has 2 atom stereocenters. The summed E-state index contributed by atoms with van der Waals surface area (Å²) in [6, 6.07) is 70.7. The highest BCUT2D eigenvalue weighted by Crippen LogP contribution is 2.62. The van der Waals surface area contributed by atoms with Crippen molar-refractivity contribution in [2.24, 2.45) is 0 Å². The molecule has 10 aromatic rings. The summed E-state index contributed by atoms with van der Waals surface area (Å²) in [7, 11) is 0. The van der Waals surface area contributed by atoms with Crippen molar-refractivity contribution in [3.05, 3.63) is 194 Å². The SMILES string of the molecule is CC12CCCCC1(C)N(c1cccc3ccccc13)c1ccc(-c3cc(-c4ccccc4)c4ccc5c(-c6ccccc6)cc(-c6ccccc6)c6ccc3c4c56)cc12. The standard InChI is InChI=1S/C58H45N/c1-57-33-14-15-34-58(57,2)59(53-26-16-24-38-23-12-13-25-43(38)53)54-32-27-42(35-52(54)57)51-37-50(41-21-10-5-11-22-41)46-29-28-44-48(39-17-6-3-7-18-39)36-49(40-19-8-4-9-20-40)45-30-31-47(51)56(46)55(44)45/h3-13,16-32,35-37H,14-15,33-34H2,1-2H3. The topological polar surface area (TPSA) is 3.24 Å². The van der Waals surface area contributed by atoms with Crippen LogP contribution in [0, 0.1) is 0 Å². The van der Waals surface area contributed by atoms with Crippen LogP contribution in [0.3, 0.4) is 0 Å². The average molecular weight is 756 g/mol. The molecule has 1 heterocycles. The number of benzene rings is 10. The second-order valence-corrected chi connectivity index (χ2v) is 17.5. The molecule has 10 aromatic carbocycles. The summed E-state index contributed by atoms with van der Waals surface area (Å²) >= 11 is 0. The quantitative estimate of drug-likeness (QED) is 0.158. The highest BCUT2D eigenvalue weighted by Gasteiger charge is 2.57. The molecule has 2 aliphatic rings. The first-order chi connectivity index (χ1) is 29.0. The normalized spacial score (nSPS) is 18.8. The highest BCUT2D eigenvalue weighted by atomic mass is 15.3. The van der Waals surface area contributed by atoms with Crippen molar-refractivity contribution in [1.29, 1.82) is 0 Å². The Morgan fingerprint density at radius 3 is 1.41 bits per heavy atom. The minimum absolute atomic E-state index is 0.00520. The molecular weight excluding hydrogens is 711 g/mol. The van der Waals surface area contributed by atoms with Gasteiger partial charge in [-0.2, -0.15) is 0 Å². The van der Waals surface area contributed by atoms with Gasteiger partial charge in [-0.3, -0.25) is 0 Å². The fourth-order valence-corrected chi connectivity index (χ4v) is 11.5. The van der Waals surface area contributed by atoms with Crippen molar-refractivity contribution >= 4 is 54.5 Å². The van der Waals surface area contributed by atoms with E-state index in [-0.39, 0.29) is 11.0 Å². The third kappa shape index (κ3) is 4.91. The minimum Gasteiger partial charge on any atom is -0.334 e. The zero-order chi connectivity index (χ0) is 39.3. The van der Waals surface area contributed by atoms with Crippen molar-refractivity contribution in [3.8, 4) is 44.5 Å². The molecule has 0 bridgehead atoms. The molecule has 59 heavy (non-hydrogen) atoms. The van der Waals surface area contributed by atoms with Crippen molar-refractivity contribution < 1.29 is 0 Å². The van der Waals surface area contributed by atoms with Gasteiger partial charge >= 0.3 is 0 Å². The summed E-state index contributed by atoms with van der Waals surface area (Å²) in [6.45, 7) is 5.11. The molecule has 0 aromatic heterocycles. The predicted molar refractivity (Wildman–Crippen MR) is 252 cm³/mol. The van der Waals surface area contributed by atoms with E-state index in [4.69, 9.17) is 0 Å². The lowest BCUT2D eigenvalue weighted by Crippen LogP contribution is -2.54. The summed E-state index contributed by atoms with van der Waals surface area (Å²) in [4.78, 5) is 2.74. The van der Waals surface area contributed by atoms with E-state index in [1.165, 1.54) is 130 Å². The van der Waals surface area contributed by atoms with Crippen molar-refractivity contribution in [3.63, 3.8) is 0 Å². The number of rotatable bonds is 5. The number of anilines is 2. The van der Waals surface area contributed by atoms with E-state index < -0.39 is 0 Å². The molecule has 0 amide bonds. The van der Waals surface area contributed by atoms with Gasteiger partial charge in [-0.05, 0) is 138 Å². The molecule has 1 aliphatic heterocycles. The Morgan fingerprint density at radius 2 is 0.847 bits per heavy atom. The monoisotopic (exact) mass is 755 g/mol. The van der Waals surface area contributed by atoms with Crippen LogP contribution in [-0.2, 0) is 5.41 Å². The van der Waals surface area contributed by atoms with Crippen LogP contribution >= 0.6 is 0 Å². The Kier molecular flexibility index (Phi) is 7.51. The first kappa shape index (κ1) is 34.4. The summed E-state index contributed by atoms with van der Waals surface area (Å²) in [5.41, 5.74) is 14.2. The molecule has 1 aliphatic carbocycles. The fraction of sp³-hybridized carbons (Fsp3) is 0.138. The van der Waals surface area contributed by atoms with Crippen molar-refractivity contribution in [1.82, 2.24) is 0 Å². The van der Waals surface area contributed by atoms with Crippen LogP contribution in [0.15, 0.2) is 188 Å². The Morgan fingerprint density at radius 1 is 0.373 bits per heavy atom. The van der Waals surface area contributed by atoms with Crippen molar-refractivity contribution in [2.75, 3.05) is 4.90 Å². The molecule has 0 N–H and O–H groups in total. The maximum absolute atomic E-state index is 2.74. The predicted octanol–water partition coefficient (Wildman–Crippen LogP) is 16.1. The van der Waals surface area contributed by atoms with Gasteiger partial charge in [0.2, 0.25) is 0 Å². The van der Waals surface area contributed by atoms with Crippen LogP contribution < -0.4 is 4.90 Å². The van der Waals surface area contributed by atoms with Gasteiger partial charge in [-0.1, -0.05) is 177 Å². The van der Waals surface area contributed by atoms with Gasteiger partial charge in [0.1, 0.15) is 0 Å². The molecule has 1 saturated carbocycles. The highest BCUT2D eigenvalue weighted by molar-refractivity contribution is 6.32. The third-order valence-electron chi connectivity index (χ3n) is 14.6. The Labute approximate surface area is 346 Å². The molecule has 0 radical (unpaired) electrons. The lowest BCUT2D eigenvalue weighted by Gasteiger charge is -2.50.